The molecule has 6 atom stereocenters. The first kappa shape index (κ1) is 76.0. The lowest BCUT2D eigenvalue weighted by Crippen LogP contribution is -2.61. The molecule has 12 nitrogen and oxygen atoms in total. The number of esters is 3. The van der Waals surface area contributed by atoms with Crippen molar-refractivity contribution in [2.24, 2.45) is 0 Å². The van der Waals surface area contributed by atoms with E-state index in [0.29, 0.717) is 19.3 Å². The highest BCUT2D eigenvalue weighted by Gasteiger charge is 2.50. The van der Waals surface area contributed by atoms with E-state index >= 15 is 0 Å². The molecule has 1 aliphatic rings. The van der Waals surface area contributed by atoms with Gasteiger partial charge in [0.1, 0.15) is 18.8 Å². The smallest absolute Gasteiger partial charge is 0.335 e. The normalized spacial score (nSPS) is 17.9. The van der Waals surface area contributed by atoms with E-state index in [1.54, 1.807) is 0 Å². The van der Waals surface area contributed by atoms with Gasteiger partial charge in [0.05, 0.1) is 6.61 Å². The van der Waals surface area contributed by atoms with Crippen LogP contribution in [0.5, 0.6) is 0 Å². The molecule has 0 spiro atoms. The minimum atomic E-state index is -1.90. The van der Waals surface area contributed by atoms with Crippen LogP contribution >= 0.6 is 0 Å². The second-order valence-electron chi connectivity index (χ2n) is 23.5. The zero-order valence-corrected chi connectivity index (χ0v) is 52.3. The van der Waals surface area contributed by atoms with Crippen molar-refractivity contribution in [3.8, 4) is 0 Å². The summed E-state index contributed by atoms with van der Waals surface area (Å²) in [6, 6.07) is 0. The Balaban J connectivity index is 2.61. The number of aliphatic carboxylic acids is 1. The van der Waals surface area contributed by atoms with Crippen LogP contribution in [0.3, 0.4) is 0 Å². The summed E-state index contributed by atoms with van der Waals surface area (Å²) in [6.45, 7) is 6.02. The third kappa shape index (κ3) is 46.9. The van der Waals surface area contributed by atoms with Gasteiger partial charge < -0.3 is 39.0 Å². The largest absolute Gasteiger partial charge is 0.479 e. The minimum absolute atomic E-state index is 0.0592. The highest BCUT2D eigenvalue weighted by molar-refractivity contribution is 5.74. The molecule has 1 saturated heterocycles. The van der Waals surface area contributed by atoms with Crippen molar-refractivity contribution in [3.05, 3.63) is 36.5 Å². The second-order valence-corrected chi connectivity index (χ2v) is 23.5. The first-order chi connectivity index (χ1) is 39.6. The molecule has 0 aliphatic carbocycles. The summed E-state index contributed by atoms with van der Waals surface area (Å²) in [7, 11) is 0. The van der Waals surface area contributed by atoms with E-state index in [1.807, 2.05) is 0 Å². The topological polar surface area (TPSA) is 175 Å². The Kier molecular flexibility index (Phi) is 53.8. The zero-order chi connectivity index (χ0) is 58.9. The van der Waals surface area contributed by atoms with E-state index in [2.05, 4.69) is 57.2 Å². The lowest BCUT2D eigenvalue weighted by molar-refractivity contribution is -0.301. The molecule has 1 aliphatic heterocycles. The van der Waals surface area contributed by atoms with Gasteiger partial charge in [-0.15, -0.1) is 0 Å². The second kappa shape index (κ2) is 57.4. The number of carboxylic acid groups (broad SMARTS) is 1. The third-order valence-corrected chi connectivity index (χ3v) is 15.7. The highest BCUT2D eigenvalue weighted by atomic mass is 16.7. The van der Waals surface area contributed by atoms with E-state index in [0.717, 1.165) is 77.0 Å². The van der Waals surface area contributed by atoms with E-state index in [1.165, 1.54) is 193 Å². The van der Waals surface area contributed by atoms with Crippen LogP contribution in [-0.2, 0) is 42.9 Å². The van der Waals surface area contributed by atoms with E-state index in [4.69, 9.17) is 23.7 Å². The molecule has 0 amide bonds. The number of hydrogen-bond acceptors (Lipinski definition) is 11. The Morgan fingerprint density at radius 3 is 1.15 bits per heavy atom. The van der Waals surface area contributed by atoms with Crippen LogP contribution in [-0.4, -0.2) is 89.2 Å². The molecule has 81 heavy (non-hydrogen) atoms. The van der Waals surface area contributed by atoms with E-state index in [9.17, 15) is 34.5 Å². The summed E-state index contributed by atoms with van der Waals surface area (Å²) in [5.41, 5.74) is 0. The zero-order valence-electron chi connectivity index (χ0n) is 52.3. The Labute approximate surface area is 495 Å². The number of carboxylic acids is 1. The number of unbranched alkanes of at least 4 members (excludes halogenated alkanes) is 39. The van der Waals surface area contributed by atoms with E-state index < -0.39 is 67.3 Å². The Hall–Kier alpha value is -3.06. The van der Waals surface area contributed by atoms with Gasteiger partial charge in [-0.1, -0.05) is 269 Å². The number of aliphatic hydroxyl groups excluding tert-OH is 2. The fraction of sp³-hybridized carbons (Fsp3) is 0.855. The van der Waals surface area contributed by atoms with Crippen LogP contribution in [0, 0.1) is 0 Å². The Bertz CT molecular complexity index is 1550. The monoisotopic (exact) mass is 1140 g/mol. The molecule has 0 aromatic carbocycles. The van der Waals surface area contributed by atoms with Crippen molar-refractivity contribution in [2.75, 3.05) is 13.2 Å². The van der Waals surface area contributed by atoms with Gasteiger partial charge in [0.15, 0.2) is 24.6 Å². The van der Waals surface area contributed by atoms with Crippen molar-refractivity contribution >= 4 is 23.9 Å². The van der Waals surface area contributed by atoms with Gasteiger partial charge in [0.25, 0.3) is 0 Å². The molecule has 1 heterocycles. The van der Waals surface area contributed by atoms with Crippen LogP contribution in [0.4, 0.5) is 0 Å². The average Bonchev–Trinajstić information content (AvgIpc) is 3.54. The van der Waals surface area contributed by atoms with Gasteiger partial charge in [-0.05, 0) is 77.0 Å². The maximum Gasteiger partial charge on any atom is 0.335 e. The molecule has 12 heteroatoms. The number of allylic oxidation sites excluding steroid dienone is 6. The predicted octanol–water partition coefficient (Wildman–Crippen LogP) is 18.4. The molecule has 0 saturated carbocycles. The summed E-state index contributed by atoms with van der Waals surface area (Å²) in [5.74, 6) is -3.09. The van der Waals surface area contributed by atoms with E-state index in [-0.39, 0.29) is 25.9 Å². The maximum absolute atomic E-state index is 13.2. The number of aliphatic hydroxyl groups is 2. The molecular formula is C69H124O12. The molecule has 472 valence electrons. The van der Waals surface area contributed by atoms with Gasteiger partial charge in [0, 0.05) is 19.3 Å². The molecule has 0 aromatic rings. The van der Waals surface area contributed by atoms with Gasteiger partial charge in [-0.2, -0.15) is 0 Å². The Morgan fingerprint density at radius 2 is 0.741 bits per heavy atom. The summed E-state index contributed by atoms with van der Waals surface area (Å²) in [5, 5.41) is 31.6. The molecule has 1 fully saturated rings. The first-order valence-corrected chi connectivity index (χ1v) is 34.0. The average molecular weight is 1150 g/mol. The maximum atomic E-state index is 13.2. The molecule has 6 unspecified atom stereocenters. The number of ether oxygens (including phenoxy) is 5. The van der Waals surface area contributed by atoms with Crippen molar-refractivity contribution < 1.29 is 58.2 Å². The molecule has 0 aromatic heterocycles. The van der Waals surface area contributed by atoms with Gasteiger partial charge >= 0.3 is 23.9 Å². The summed E-state index contributed by atoms with van der Waals surface area (Å²) >= 11 is 0. The van der Waals surface area contributed by atoms with Gasteiger partial charge in [-0.3, -0.25) is 14.4 Å². The van der Waals surface area contributed by atoms with Crippen LogP contribution in [0.25, 0.3) is 0 Å². The number of carbonyl (C=O) groups is 4. The fourth-order valence-corrected chi connectivity index (χ4v) is 10.5. The highest BCUT2D eigenvalue weighted by Crippen LogP contribution is 2.27. The van der Waals surface area contributed by atoms with Gasteiger partial charge in [-0.25, -0.2) is 4.79 Å². The van der Waals surface area contributed by atoms with Crippen LogP contribution in [0.2, 0.25) is 0 Å². The SMILES string of the molecule is CCCCC/C=C\C/C=C\CCCCCCCCCCCC(=O)OC1C(OCC(COC(=O)CCCCCCCCCCC/C=C\CCCCCCCC)OC(=O)CCCCCCCCCCCCCCC)OC(C(=O)O)C(O)C1O. The molecule has 0 bridgehead atoms. The van der Waals surface area contributed by atoms with Gasteiger partial charge in [0.2, 0.25) is 0 Å². The molecule has 1 rings (SSSR count). The third-order valence-electron chi connectivity index (χ3n) is 15.7. The summed E-state index contributed by atoms with van der Waals surface area (Å²) in [6.07, 6.45) is 56.7. The quantitative estimate of drug-likeness (QED) is 0.0228. The Morgan fingerprint density at radius 1 is 0.407 bits per heavy atom. The lowest BCUT2D eigenvalue weighted by Gasteiger charge is -2.40. The number of rotatable bonds is 59. The molecular weight excluding hydrogens is 1020 g/mol. The van der Waals surface area contributed by atoms with Crippen molar-refractivity contribution in [2.45, 2.75) is 366 Å². The summed E-state index contributed by atoms with van der Waals surface area (Å²) < 4.78 is 28.6. The van der Waals surface area contributed by atoms with Crippen LogP contribution < -0.4 is 0 Å². The summed E-state index contributed by atoms with van der Waals surface area (Å²) in [4.78, 5) is 51.4. The van der Waals surface area contributed by atoms with Crippen LogP contribution in [0.15, 0.2) is 36.5 Å². The molecule has 3 N–H and O–H groups in total. The minimum Gasteiger partial charge on any atom is -0.479 e. The fourth-order valence-electron chi connectivity index (χ4n) is 10.5. The van der Waals surface area contributed by atoms with Crippen molar-refractivity contribution in [1.29, 1.82) is 0 Å². The first-order valence-electron chi connectivity index (χ1n) is 34.0. The number of carbonyl (C=O) groups excluding carboxylic acids is 3. The standard InChI is InChI=1S/C69H124O12/c1-4-7-10-13-16-19-22-25-27-29-31-33-35-38-40-43-46-49-52-55-61(70)77-58-60(79-62(71)56-53-50-47-44-41-37-24-21-18-15-12-9-6-3)59-78-69-67(65(74)64(73)66(81-69)68(75)76)80-63(72)57-54-51-48-45-42-39-36-34-32-30-28-26-23-20-17-14-11-8-5-2/h17,20,25-28,60,64-67,69,73-74H,4-16,18-19,21-24,29-59H2,1-3H3,(H,75,76)/b20-17-,27-25-,28-26-. The predicted molar refractivity (Wildman–Crippen MR) is 331 cm³/mol. The van der Waals surface area contributed by atoms with Crippen molar-refractivity contribution in [1.82, 2.24) is 0 Å². The van der Waals surface area contributed by atoms with Crippen LogP contribution in [0.1, 0.15) is 329 Å². The molecule has 0 radical (unpaired) electrons. The van der Waals surface area contributed by atoms with Crippen molar-refractivity contribution in [3.63, 3.8) is 0 Å². The number of hydrogen-bond donors (Lipinski definition) is 3. The lowest BCUT2D eigenvalue weighted by atomic mass is 9.98.